The highest BCUT2D eigenvalue weighted by Gasteiger charge is 2.49. The molecule has 104 valence electrons. The molecule has 0 aromatic rings. The molecule has 0 amide bonds. The zero-order chi connectivity index (χ0) is 12.7. The number of fused-ring (bicyclic) bond motifs is 3. The molecular formula is C18H32. The third kappa shape index (κ3) is 2.04. The van der Waals surface area contributed by atoms with Crippen molar-refractivity contribution in [2.45, 2.75) is 72.1 Å². The molecule has 0 nitrogen and oxygen atoms in total. The van der Waals surface area contributed by atoms with Crippen LogP contribution >= 0.6 is 0 Å². The second-order valence-corrected chi connectivity index (χ2v) is 7.79. The van der Waals surface area contributed by atoms with Crippen LogP contribution in [-0.2, 0) is 0 Å². The molecule has 3 rings (SSSR count). The number of hydrogen-bond donors (Lipinski definition) is 0. The van der Waals surface area contributed by atoms with Gasteiger partial charge in [0.2, 0.25) is 0 Å². The summed E-state index contributed by atoms with van der Waals surface area (Å²) in [5.41, 5.74) is 0. The van der Waals surface area contributed by atoms with Crippen molar-refractivity contribution in [1.29, 1.82) is 0 Å². The van der Waals surface area contributed by atoms with Gasteiger partial charge in [-0.05, 0) is 67.1 Å². The monoisotopic (exact) mass is 248 g/mol. The first-order chi connectivity index (χ1) is 8.72. The summed E-state index contributed by atoms with van der Waals surface area (Å²) in [4.78, 5) is 0. The van der Waals surface area contributed by atoms with E-state index in [-0.39, 0.29) is 0 Å². The fourth-order valence-corrected chi connectivity index (χ4v) is 6.23. The molecule has 0 aliphatic heterocycles. The molecular weight excluding hydrogens is 216 g/mol. The Morgan fingerprint density at radius 2 is 1.50 bits per heavy atom. The molecule has 3 saturated carbocycles. The third-order valence-corrected chi connectivity index (χ3v) is 7.01. The molecule has 3 aliphatic carbocycles. The van der Waals surface area contributed by atoms with E-state index in [9.17, 15) is 0 Å². The highest BCUT2D eigenvalue weighted by atomic mass is 14.5. The van der Waals surface area contributed by atoms with Crippen molar-refractivity contribution < 1.29 is 0 Å². The maximum absolute atomic E-state index is 2.60. The first-order valence-corrected chi connectivity index (χ1v) is 8.72. The average molecular weight is 248 g/mol. The van der Waals surface area contributed by atoms with Crippen molar-refractivity contribution in [3.8, 4) is 0 Å². The van der Waals surface area contributed by atoms with Crippen LogP contribution in [0.1, 0.15) is 72.1 Å². The zero-order valence-electron chi connectivity index (χ0n) is 12.7. The topological polar surface area (TPSA) is 0 Å². The van der Waals surface area contributed by atoms with Crippen LogP contribution in [0.3, 0.4) is 0 Å². The summed E-state index contributed by atoms with van der Waals surface area (Å²) in [6.07, 6.45) is 12.3. The minimum absolute atomic E-state index is 1.01. The molecule has 18 heavy (non-hydrogen) atoms. The van der Waals surface area contributed by atoms with Crippen LogP contribution in [0.5, 0.6) is 0 Å². The SMILES string of the molecule is CCC1C(C)C2CCCCC2C2CC(C)CCC12. The minimum Gasteiger partial charge on any atom is -0.0651 e. The summed E-state index contributed by atoms with van der Waals surface area (Å²) >= 11 is 0. The summed E-state index contributed by atoms with van der Waals surface area (Å²) in [5, 5.41) is 0. The van der Waals surface area contributed by atoms with E-state index in [4.69, 9.17) is 0 Å². The van der Waals surface area contributed by atoms with Gasteiger partial charge in [0.1, 0.15) is 0 Å². The molecule has 0 aromatic heterocycles. The van der Waals surface area contributed by atoms with Crippen LogP contribution in [0.4, 0.5) is 0 Å². The molecule has 7 atom stereocenters. The number of rotatable bonds is 1. The van der Waals surface area contributed by atoms with Crippen LogP contribution in [0.15, 0.2) is 0 Å². The highest BCUT2D eigenvalue weighted by Crippen LogP contribution is 2.57. The van der Waals surface area contributed by atoms with Gasteiger partial charge in [-0.15, -0.1) is 0 Å². The molecule has 3 aliphatic rings. The molecule has 3 fully saturated rings. The molecule has 0 saturated heterocycles. The van der Waals surface area contributed by atoms with Crippen LogP contribution < -0.4 is 0 Å². The Hall–Kier alpha value is 0. The predicted octanol–water partition coefficient (Wildman–Crippen LogP) is 5.52. The van der Waals surface area contributed by atoms with Gasteiger partial charge in [0.15, 0.2) is 0 Å². The van der Waals surface area contributed by atoms with Crippen molar-refractivity contribution in [2.75, 3.05) is 0 Å². The fourth-order valence-electron chi connectivity index (χ4n) is 6.23. The van der Waals surface area contributed by atoms with E-state index >= 15 is 0 Å². The van der Waals surface area contributed by atoms with E-state index in [1.54, 1.807) is 25.7 Å². The predicted molar refractivity (Wildman–Crippen MR) is 78.4 cm³/mol. The molecule has 0 bridgehead atoms. The molecule has 7 unspecified atom stereocenters. The smallest absolute Gasteiger partial charge is 0.0349 e. The zero-order valence-corrected chi connectivity index (χ0v) is 12.7. The lowest BCUT2D eigenvalue weighted by molar-refractivity contribution is -0.0656. The van der Waals surface area contributed by atoms with Gasteiger partial charge >= 0.3 is 0 Å². The Morgan fingerprint density at radius 1 is 0.778 bits per heavy atom. The van der Waals surface area contributed by atoms with Gasteiger partial charge < -0.3 is 0 Å². The van der Waals surface area contributed by atoms with Gasteiger partial charge in [0.25, 0.3) is 0 Å². The Morgan fingerprint density at radius 3 is 2.22 bits per heavy atom. The first-order valence-electron chi connectivity index (χ1n) is 8.72. The van der Waals surface area contributed by atoms with Crippen LogP contribution in [0, 0.1) is 41.4 Å². The Bertz CT molecular complexity index is 274. The van der Waals surface area contributed by atoms with Crippen molar-refractivity contribution in [2.24, 2.45) is 41.4 Å². The van der Waals surface area contributed by atoms with Crippen molar-refractivity contribution >= 4 is 0 Å². The summed E-state index contributed by atoms with van der Waals surface area (Å²) in [5.74, 6) is 7.51. The standard InChI is InChI=1S/C18H32/c1-4-14-13(3)15-7-5-6-8-16(15)18-11-12(2)9-10-17(14)18/h12-18H,4-11H2,1-3H3. The lowest BCUT2D eigenvalue weighted by atomic mass is 9.49. The summed E-state index contributed by atoms with van der Waals surface area (Å²) in [6.45, 7) is 7.57. The second kappa shape index (κ2) is 5.17. The lowest BCUT2D eigenvalue weighted by Gasteiger charge is -2.56. The molecule has 0 heteroatoms. The molecule has 0 spiro atoms. The highest BCUT2D eigenvalue weighted by molar-refractivity contribution is 4.98. The van der Waals surface area contributed by atoms with Gasteiger partial charge in [0, 0.05) is 0 Å². The first kappa shape index (κ1) is 13.0. The summed E-state index contributed by atoms with van der Waals surface area (Å²) in [7, 11) is 0. The van der Waals surface area contributed by atoms with Gasteiger partial charge in [-0.1, -0.05) is 46.5 Å². The summed E-state index contributed by atoms with van der Waals surface area (Å²) < 4.78 is 0. The molecule has 0 N–H and O–H groups in total. The van der Waals surface area contributed by atoms with Gasteiger partial charge in [0.05, 0.1) is 0 Å². The van der Waals surface area contributed by atoms with Crippen LogP contribution in [0.2, 0.25) is 0 Å². The Kier molecular flexibility index (Phi) is 3.74. The van der Waals surface area contributed by atoms with Crippen molar-refractivity contribution in [3.05, 3.63) is 0 Å². The largest absolute Gasteiger partial charge is 0.0651 e. The van der Waals surface area contributed by atoms with Crippen LogP contribution in [-0.4, -0.2) is 0 Å². The van der Waals surface area contributed by atoms with Gasteiger partial charge in [-0.3, -0.25) is 0 Å². The molecule has 0 heterocycles. The molecule has 0 aromatic carbocycles. The third-order valence-electron chi connectivity index (χ3n) is 7.01. The summed E-state index contributed by atoms with van der Waals surface area (Å²) in [6, 6.07) is 0. The quantitative estimate of drug-likeness (QED) is 0.573. The van der Waals surface area contributed by atoms with E-state index in [2.05, 4.69) is 20.8 Å². The fraction of sp³-hybridized carbons (Fsp3) is 1.00. The van der Waals surface area contributed by atoms with E-state index in [0.29, 0.717) is 0 Å². The van der Waals surface area contributed by atoms with E-state index < -0.39 is 0 Å². The van der Waals surface area contributed by atoms with E-state index in [0.717, 1.165) is 41.4 Å². The Labute approximate surface area is 114 Å². The van der Waals surface area contributed by atoms with E-state index in [1.807, 2.05) is 0 Å². The van der Waals surface area contributed by atoms with Crippen molar-refractivity contribution in [3.63, 3.8) is 0 Å². The van der Waals surface area contributed by atoms with Crippen molar-refractivity contribution in [1.82, 2.24) is 0 Å². The van der Waals surface area contributed by atoms with E-state index in [1.165, 1.54) is 25.7 Å². The molecule has 0 radical (unpaired) electrons. The maximum atomic E-state index is 2.60. The Balaban J connectivity index is 1.85. The second-order valence-electron chi connectivity index (χ2n) is 7.79. The lowest BCUT2D eigenvalue weighted by Crippen LogP contribution is -2.48. The minimum atomic E-state index is 1.01. The van der Waals surface area contributed by atoms with Gasteiger partial charge in [-0.2, -0.15) is 0 Å². The van der Waals surface area contributed by atoms with Gasteiger partial charge in [-0.25, -0.2) is 0 Å². The average Bonchev–Trinajstić information content (AvgIpc) is 2.40. The maximum Gasteiger partial charge on any atom is -0.0349 e. The number of hydrogen-bond acceptors (Lipinski definition) is 0. The normalized spacial score (nSPS) is 52.5. The van der Waals surface area contributed by atoms with Crippen LogP contribution in [0.25, 0.3) is 0 Å².